The van der Waals surface area contributed by atoms with Gasteiger partial charge in [-0.3, -0.25) is 10.1 Å². The number of carbonyl (C=O) groups excluding carboxylic acids is 1. The van der Waals surface area contributed by atoms with Crippen LogP contribution in [0.5, 0.6) is 5.75 Å². The summed E-state index contributed by atoms with van der Waals surface area (Å²) in [4.78, 5) is 12.3. The lowest BCUT2D eigenvalue weighted by molar-refractivity contribution is 0.0900. The summed E-state index contributed by atoms with van der Waals surface area (Å²) in [7, 11) is 1.64. The molecule has 0 bridgehead atoms. The molecular weight excluding hydrogens is 364 g/mol. The molecule has 2 heterocycles. The predicted molar refractivity (Wildman–Crippen MR) is 113 cm³/mol. The van der Waals surface area contributed by atoms with Crippen LogP contribution in [0.25, 0.3) is 11.3 Å². The molecule has 2 N–H and O–H groups in total. The van der Waals surface area contributed by atoms with Crippen molar-refractivity contribution in [1.29, 1.82) is 0 Å². The summed E-state index contributed by atoms with van der Waals surface area (Å²) in [5.41, 5.74) is 4.82. The smallest absolute Gasteiger partial charge is 0.269 e. The second-order valence-corrected chi connectivity index (χ2v) is 7.59. The molecule has 29 heavy (non-hydrogen) atoms. The van der Waals surface area contributed by atoms with Crippen molar-refractivity contribution >= 4 is 5.91 Å². The summed E-state index contributed by atoms with van der Waals surface area (Å²) in [5, 5.41) is 11.2. The molecule has 1 atom stereocenters. The van der Waals surface area contributed by atoms with Crippen molar-refractivity contribution in [2.24, 2.45) is 0 Å². The molecule has 1 aromatic heterocycles. The number of hydrogen-bond donors (Lipinski definition) is 2. The molecule has 0 saturated carbocycles. The summed E-state index contributed by atoms with van der Waals surface area (Å²) in [5.74, 6) is 1.21. The number of carbonyl (C=O) groups is 1. The Hall–Kier alpha value is -3.12. The van der Waals surface area contributed by atoms with E-state index in [2.05, 4.69) is 48.7 Å². The first-order valence-corrected chi connectivity index (χ1v) is 9.89. The number of rotatable bonds is 6. The van der Waals surface area contributed by atoms with Crippen LogP contribution in [0.2, 0.25) is 0 Å². The summed E-state index contributed by atoms with van der Waals surface area (Å²) in [6.07, 6.45) is -0.0977. The van der Waals surface area contributed by atoms with E-state index >= 15 is 0 Å². The SMILES string of the molecule is COc1ccc(-c2cc3n(n2)C(NCc2ccc(C(C)C)cc2)CNC3=O)cc1. The van der Waals surface area contributed by atoms with E-state index in [1.807, 2.05) is 30.3 Å². The van der Waals surface area contributed by atoms with Crippen molar-refractivity contribution in [3.63, 3.8) is 0 Å². The van der Waals surface area contributed by atoms with Crippen LogP contribution in [0.4, 0.5) is 0 Å². The quantitative estimate of drug-likeness (QED) is 0.673. The van der Waals surface area contributed by atoms with E-state index in [1.54, 1.807) is 11.8 Å². The zero-order valence-electron chi connectivity index (χ0n) is 17.0. The van der Waals surface area contributed by atoms with Gasteiger partial charge in [0.1, 0.15) is 17.6 Å². The first-order chi connectivity index (χ1) is 14.0. The van der Waals surface area contributed by atoms with Crippen LogP contribution in [-0.4, -0.2) is 29.3 Å². The second-order valence-electron chi connectivity index (χ2n) is 7.59. The minimum Gasteiger partial charge on any atom is -0.497 e. The molecule has 0 saturated heterocycles. The molecule has 4 rings (SSSR count). The zero-order chi connectivity index (χ0) is 20.4. The van der Waals surface area contributed by atoms with Crippen LogP contribution >= 0.6 is 0 Å². The van der Waals surface area contributed by atoms with E-state index in [0.29, 0.717) is 24.7 Å². The molecular formula is C23H26N4O2. The average Bonchev–Trinajstić information content (AvgIpc) is 3.20. The third-order valence-electron chi connectivity index (χ3n) is 5.29. The number of nitrogens with zero attached hydrogens (tertiary/aromatic N) is 2. The van der Waals surface area contributed by atoms with Crippen LogP contribution in [0, 0.1) is 0 Å². The van der Waals surface area contributed by atoms with Gasteiger partial charge in [0.25, 0.3) is 5.91 Å². The van der Waals surface area contributed by atoms with E-state index in [1.165, 1.54) is 11.1 Å². The molecule has 0 spiro atoms. The highest BCUT2D eigenvalue weighted by molar-refractivity contribution is 5.94. The Kier molecular flexibility index (Phi) is 5.36. The summed E-state index contributed by atoms with van der Waals surface area (Å²) in [6, 6.07) is 18.2. The van der Waals surface area contributed by atoms with Crippen LogP contribution < -0.4 is 15.4 Å². The molecule has 1 aliphatic heterocycles. The fraction of sp³-hybridized carbons (Fsp3) is 0.304. The van der Waals surface area contributed by atoms with Crippen molar-refractivity contribution in [1.82, 2.24) is 20.4 Å². The van der Waals surface area contributed by atoms with E-state index in [0.717, 1.165) is 17.0 Å². The van der Waals surface area contributed by atoms with Gasteiger partial charge >= 0.3 is 0 Å². The van der Waals surface area contributed by atoms with E-state index in [4.69, 9.17) is 9.84 Å². The van der Waals surface area contributed by atoms with E-state index in [-0.39, 0.29) is 12.1 Å². The largest absolute Gasteiger partial charge is 0.497 e. The van der Waals surface area contributed by atoms with Gasteiger partial charge in [0.2, 0.25) is 0 Å². The number of ether oxygens (including phenoxy) is 1. The first-order valence-electron chi connectivity index (χ1n) is 9.89. The van der Waals surface area contributed by atoms with Crippen LogP contribution in [-0.2, 0) is 6.54 Å². The molecule has 6 heteroatoms. The maximum absolute atomic E-state index is 12.3. The fourth-order valence-electron chi connectivity index (χ4n) is 3.49. The van der Waals surface area contributed by atoms with Gasteiger partial charge in [0.05, 0.1) is 19.3 Å². The van der Waals surface area contributed by atoms with Crippen molar-refractivity contribution in [2.75, 3.05) is 13.7 Å². The number of methoxy groups -OCH3 is 1. The predicted octanol–water partition coefficient (Wildman–Crippen LogP) is 3.71. The molecule has 3 aromatic rings. The number of hydrogen-bond acceptors (Lipinski definition) is 4. The standard InChI is InChI=1S/C23H26N4O2/c1-15(2)17-6-4-16(5-7-17)13-24-22-14-25-23(28)21-12-20(26-27(21)22)18-8-10-19(29-3)11-9-18/h4-12,15,22,24H,13-14H2,1-3H3,(H,25,28). The molecule has 2 aromatic carbocycles. The number of aromatic nitrogens is 2. The minimum absolute atomic E-state index is 0.0977. The maximum Gasteiger partial charge on any atom is 0.269 e. The van der Waals surface area contributed by atoms with E-state index < -0.39 is 0 Å². The minimum atomic E-state index is -0.100. The van der Waals surface area contributed by atoms with Crippen LogP contribution in [0.15, 0.2) is 54.6 Å². The van der Waals surface area contributed by atoms with Crippen LogP contribution in [0.3, 0.4) is 0 Å². The van der Waals surface area contributed by atoms with Crippen LogP contribution in [0.1, 0.15) is 47.5 Å². The van der Waals surface area contributed by atoms with Gasteiger partial charge in [-0.1, -0.05) is 38.1 Å². The van der Waals surface area contributed by atoms with Crippen molar-refractivity contribution < 1.29 is 9.53 Å². The van der Waals surface area contributed by atoms with Crippen molar-refractivity contribution in [3.8, 4) is 17.0 Å². The van der Waals surface area contributed by atoms with Gasteiger partial charge in [-0.15, -0.1) is 0 Å². The molecule has 150 valence electrons. The molecule has 0 radical (unpaired) electrons. The third-order valence-corrected chi connectivity index (χ3v) is 5.29. The number of fused-ring (bicyclic) bond motifs is 1. The lowest BCUT2D eigenvalue weighted by Gasteiger charge is -2.26. The van der Waals surface area contributed by atoms with Gasteiger partial charge in [-0.2, -0.15) is 5.10 Å². The molecule has 0 fully saturated rings. The van der Waals surface area contributed by atoms with Gasteiger partial charge in [0.15, 0.2) is 0 Å². The van der Waals surface area contributed by atoms with Gasteiger partial charge in [-0.25, -0.2) is 4.68 Å². The lowest BCUT2D eigenvalue weighted by atomic mass is 10.0. The third kappa shape index (κ3) is 4.03. The molecule has 1 aliphatic rings. The Morgan fingerprint density at radius 3 is 2.55 bits per heavy atom. The maximum atomic E-state index is 12.3. The summed E-state index contributed by atoms with van der Waals surface area (Å²) < 4.78 is 7.01. The number of benzene rings is 2. The molecule has 1 amide bonds. The highest BCUT2D eigenvalue weighted by Gasteiger charge is 2.27. The number of nitrogens with one attached hydrogen (secondary N) is 2. The van der Waals surface area contributed by atoms with Gasteiger partial charge in [-0.05, 0) is 47.4 Å². The zero-order valence-corrected chi connectivity index (χ0v) is 17.0. The Bertz CT molecular complexity index is 991. The second kappa shape index (κ2) is 8.09. The molecule has 1 unspecified atom stereocenters. The Morgan fingerprint density at radius 2 is 1.90 bits per heavy atom. The highest BCUT2D eigenvalue weighted by Crippen LogP contribution is 2.25. The molecule has 6 nitrogen and oxygen atoms in total. The van der Waals surface area contributed by atoms with Crippen molar-refractivity contribution in [2.45, 2.75) is 32.5 Å². The summed E-state index contributed by atoms with van der Waals surface area (Å²) >= 11 is 0. The van der Waals surface area contributed by atoms with E-state index in [9.17, 15) is 4.79 Å². The average molecular weight is 390 g/mol. The Labute approximate surface area is 170 Å². The topological polar surface area (TPSA) is 68.2 Å². The summed E-state index contributed by atoms with van der Waals surface area (Å²) in [6.45, 7) is 5.59. The normalized spacial score (nSPS) is 15.9. The first kappa shape index (κ1) is 19.2. The fourth-order valence-corrected chi connectivity index (χ4v) is 3.49. The Morgan fingerprint density at radius 1 is 1.17 bits per heavy atom. The lowest BCUT2D eigenvalue weighted by Crippen LogP contribution is -2.45. The van der Waals surface area contributed by atoms with Crippen molar-refractivity contribution in [3.05, 3.63) is 71.4 Å². The monoisotopic (exact) mass is 390 g/mol. The molecule has 0 aliphatic carbocycles. The highest BCUT2D eigenvalue weighted by atomic mass is 16.5. The van der Waals surface area contributed by atoms with Gasteiger partial charge < -0.3 is 10.1 Å². The number of amides is 1. The van der Waals surface area contributed by atoms with Gasteiger partial charge in [0, 0.05) is 12.1 Å². The Balaban J connectivity index is 1.52.